The molecule has 1 N–H and O–H groups in total. The second-order valence-electron chi connectivity index (χ2n) is 4.63. The number of hydrogen-bond acceptors (Lipinski definition) is 3. The van der Waals surface area contributed by atoms with E-state index in [4.69, 9.17) is 4.74 Å². The van der Waals surface area contributed by atoms with Crippen molar-refractivity contribution in [1.82, 2.24) is 5.43 Å². The van der Waals surface area contributed by atoms with E-state index in [9.17, 15) is 4.79 Å². The highest BCUT2D eigenvalue weighted by Crippen LogP contribution is 2.13. The van der Waals surface area contributed by atoms with Crippen LogP contribution in [0.5, 0.6) is 5.75 Å². The normalized spacial score (nSPS) is 11.2. The molecular formula is C16H24N2O2. The predicted molar refractivity (Wildman–Crippen MR) is 82.1 cm³/mol. The van der Waals surface area contributed by atoms with Gasteiger partial charge in [0.2, 0.25) is 5.91 Å². The molecule has 0 saturated heterocycles. The second kappa shape index (κ2) is 9.13. The Hall–Kier alpha value is -1.84. The van der Waals surface area contributed by atoms with Crippen molar-refractivity contribution in [1.29, 1.82) is 0 Å². The molecule has 1 aromatic carbocycles. The van der Waals surface area contributed by atoms with Crippen molar-refractivity contribution in [2.75, 3.05) is 7.11 Å². The van der Waals surface area contributed by atoms with Crippen LogP contribution in [0.4, 0.5) is 0 Å². The van der Waals surface area contributed by atoms with E-state index in [0.717, 1.165) is 42.7 Å². The molecule has 0 atom stereocenters. The number of methoxy groups -OCH3 is 1. The number of benzene rings is 1. The summed E-state index contributed by atoms with van der Waals surface area (Å²) in [5.41, 5.74) is 4.51. The van der Waals surface area contributed by atoms with Crippen molar-refractivity contribution in [2.24, 2.45) is 5.10 Å². The zero-order chi connectivity index (χ0) is 14.8. The van der Waals surface area contributed by atoms with Crippen molar-refractivity contribution in [2.45, 2.75) is 46.0 Å². The zero-order valence-electron chi connectivity index (χ0n) is 12.6. The largest absolute Gasteiger partial charge is 0.497 e. The Morgan fingerprint density at radius 3 is 2.45 bits per heavy atom. The SMILES string of the molecule is CCCCCC(=O)N/N=C(\CC)c1ccc(OC)cc1. The Labute approximate surface area is 121 Å². The van der Waals surface area contributed by atoms with Gasteiger partial charge in [0, 0.05) is 6.42 Å². The minimum absolute atomic E-state index is 0.0158. The van der Waals surface area contributed by atoms with Gasteiger partial charge in [0.25, 0.3) is 0 Å². The van der Waals surface area contributed by atoms with E-state index in [1.807, 2.05) is 31.2 Å². The first-order chi connectivity index (χ1) is 9.71. The van der Waals surface area contributed by atoms with Crippen LogP contribution in [0, 0.1) is 0 Å². The fourth-order valence-electron chi connectivity index (χ4n) is 1.85. The number of hydrogen-bond donors (Lipinski definition) is 1. The average molecular weight is 276 g/mol. The zero-order valence-corrected chi connectivity index (χ0v) is 12.6. The summed E-state index contributed by atoms with van der Waals surface area (Å²) in [6, 6.07) is 7.68. The van der Waals surface area contributed by atoms with Crippen LogP contribution in [0.15, 0.2) is 29.4 Å². The minimum atomic E-state index is -0.0158. The number of carbonyl (C=O) groups is 1. The van der Waals surface area contributed by atoms with Gasteiger partial charge in [-0.25, -0.2) is 5.43 Å². The Morgan fingerprint density at radius 1 is 1.20 bits per heavy atom. The second-order valence-corrected chi connectivity index (χ2v) is 4.63. The number of nitrogens with zero attached hydrogens (tertiary/aromatic N) is 1. The summed E-state index contributed by atoms with van der Waals surface area (Å²) in [5.74, 6) is 0.797. The molecule has 1 amide bonds. The molecular weight excluding hydrogens is 252 g/mol. The summed E-state index contributed by atoms with van der Waals surface area (Å²) in [6.07, 6.45) is 4.42. The van der Waals surface area contributed by atoms with Gasteiger partial charge in [0.1, 0.15) is 5.75 Å². The van der Waals surface area contributed by atoms with E-state index < -0.39 is 0 Å². The molecule has 0 fully saturated rings. The van der Waals surface area contributed by atoms with Gasteiger partial charge in [0.15, 0.2) is 0 Å². The maximum absolute atomic E-state index is 11.6. The van der Waals surface area contributed by atoms with Crippen LogP contribution >= 0.6 is 0 Å². The molecule has 0 aliphatic heterocycles. The molecule has 4 nitrogen and oxygen atoms in total. The lowest BCUT2D eigenvalue weighted by Gasteiger charge is -2.06. The van der Waals surface area contributed by atoms with Crippen LogP contribution in [0.3, 0.4) is 0 Å². The van der Waals surface area contributed by atoms with E-state index in [2.05, 4.69) is 17.5 Å². The molecule has 0 radical (unpaired) electrons. The first kappa shape index (κ1) is 16.2. The molecule has 4 heteroatoms. The van der Waals surface area contributed by atoms with Crippen molar-refractivity contribution < 1.29 is 9.53 Å². The minimum Gasteiger partial charge on any atom is -0.497 e. The molecule has 110 valence electrons. The number of nitrogens with one attached hydrogen (secondary N) is 1. The quantitative estimate of drug-likeness (QED) is 0.449. The molecule has 0 spiro atoms. The van der Waals surface area contributed by atoms with Gasteiger partial charge in [-0.15, -0.1) is 0 Å². The summed E-state index contributed by atoms with van der Waals surface area (Å²) < 4.78 is 5.13. The number of hydrazone groups is 1. The van der Waals surface area contributed by atoms with Gasteiger partial charge >= 0.3 is 0 Å². The predicted octanol–water partition coefficient (Wildman–Crippen LogP) is 3.51. The fourth-order valence-corrected chi connectivity index (χ4v) is 1.85. The molecule has 1 rings (SSSR count). The molecule has 0 aromatic heterocycles. The number of unbranched alkanes of at least 4 members (excludes halogenated alkanes) is 2. The number of ether oxygens (including phenoxy) is 1. The molecule has 0 saturated carbocycles. The monoisotopic (exact) mass is 276 g/mol. The van der Waals surface area contributed by atoms with Crippen LogP contribution < -0.4 is 10.2 Å². The topological polar surface area (TPSA) is 50.7 Å². The summed E-state index contributed by atoms with van der Waals surface area (Å²) in [7, 11) is 1.64. The molecule has 0 unspecified atom stereocenters. The number of rotatable bonds is 8. The highest BCUT2D eigenvalue weighted by molar-refractivity contribution is 6.00. The van der Waals surface area contributed by atoms with Gasteiger partial charge in [-0.3, -0.25) is 4.79 Å². The first-order valence-electron chi connectivity index (χ1n) is 7.21. The smallest absolute Gasteiger partial charge is 0.240 e. The van der Waals surface area contributed by atoms with Crippen LogP contribution in [0.25, 0.3) is 0 Å². The first-order valence-corrected chi connectivity index (χ1v) is 7.21. The van der Waals surface area contributed by atoms with Crippen LogP contribution in [-0.4, -0.2) is 18.7 Å². The lowest BCUT2D eigenvalue weighted by Crippen LogP contribution is -2.19. The van der Waals surface area contributed by atoms with E-state index in [-0.39, 0.29) is 5.91 Å². The van der Waals surface area contributed by atoms with Crippen molar-refractivity contribution in [3.63, 3.8) is 0 Å². The summed E-state index contributed by atoms with van der Waals surface area (Å²) in [6.45, 7) is 4.14. The highest BCUT2D eigenvalue weighted by Gasteiger charge is 2.04. The van der Waals surface area contributed by atoms with Crippen LogP contribution in [-0.2, 0) is 4.79 Å². The lowest BCUT2D eigenvalue weighted by atomic mass is 10.1. The maximum atomic E-state index is 11.6. The fraction of sp³-hybridized carbons (Fsp3) is 0.500. The van der Waals surface area contributed by atoms with E-state index in [1.54, 1.807) is 7.11 Å². The lowest BCUT2D eigenvalue weighted by molar-refractivity contribution is -0.121. The van der Waals surface area contributed by atoms with Crippen LogP contribution in [0.1, 0.15) is 51.5 Å². The molecule has 20 heavy (non-hydrogen) atoms. The highest BCUT2D eigenvalue weighted by atomic mass is 16.5. The van der Waals surface area contributed by atoms with Crippen molar-refractivity contribution in [3.8, 4) is 5.75 Å². The van der Waals surface area contributed by atoms with E-state index in [1.165, 1.54) is 0 Å². The summed E-state index contributed by atoms with van der Waals surface area (Å²) in [4.78, 5) is 11.6. The Morgan fingerprint density at radius 2 is 1.90 bits per heavy atom. The third-order valence-corrected chi connectivity index (χ3v) is 3.08. The third-order valence-electron chi connectivity index (χ3n) is 3.08. The Kier molecular flexibility index (Phi) is 7.40. The Balaban J connectivity index is 2.59. The molecule has 0 bridgehead atoms. The van der Waals surface area contributed by atoms with E-state index in [0.29, 0.717) is 6.42 Å². The number of amides is 1. The maximum Gasteiger partial charge on any atom is 0.240 e. The molecule has 0 heterocycles. The van der Waals surface area contributed by atoms with Crippen LogP contribution in [0.2, 0.25) is 0 Å². The van der Waals surface area contributed by atoms with Gasteiger partial charge in [-0.2, -0.15) is 5.10 Å². The number of carbonyl (C=O) groups excluding carboxylic acids is 1. The van der Waals surface area contributed by atoms with Crippen molar-refractivity contribution >= 4 is 11.6 Å². The van der Waals surface area contributed by atoms with Gasteiger partial charge in [0.05, 0.1) is 12.8 Å². The van der Waals surface area contributed by atoms with Gasteiger partial charge in [-0.1, -0.05) is 26.7 Å². The Bertz CT molecular complexity index is 438. The average Bonchev–Trinajstić information content (AvgIpc) is 2.49. The summed E-state index contributed by atoms with van der Waals surface area (Å²) >= 11 is 0. The molecule has 1 aromatic rings. The third kappa shape index (κ3) is 5.43. The summed E-state index contributed by atoms with van der Waals surface area (Å²) in [5, 5.41) is 4.22. The van der Waals surface area contributed by atoms with Gasteiger partial charge < -0.3 is 4.74 Å². The van der Waals surface area contributed by atoms with Gasteiger partial charge in [-0.05, 0) is 42.7 Å². The molecule has 0 aliphatic rings. The van der Waals surface area contributed by atoms with Crippen molar-refractivity contribution in [3.05, 3.63) is 29.8 Å². The standard InChI is InChI=1S/C16H24N2O2/c1-4-6-7-8-16(19)18-17-15(5-2)13-9-11-14(20-3)12-10-13/h9-12H,4-8H2,1-3H3,(H,18,19)/b17-15+. The molecule has 0 aliphatic carbocycles. The van der Waals surface area contributed by atoms with E-state index >= 15 is 0 Å².